The Morgan fingerprint density at radius 1 is 1.47 bits per heavy atom. The molecule has 1 aliphatic heterocycles. The van der Waals surface area contributed by atoms with Crippen molar-refractivity contribution in [2.45, 2.75) is 43.7 Å². The molecule has 0 radical (unpaired) electrons. The molecule has 5 heteroatoms. The molecule has 0 bridgehead atoms. The number of nitrogens with zero attached hydrogens (tertiary/aromatic N) is 1. The van der Waals surface area contributed by atoms with Crippen LogP contribution in [0.4, 0.5) is 5.82 Å². The van der Waals surface area contributed by atoms with Crippen LogP contribution in [0, 0.1) is 0 Å². The summed E-state index contributed by atoms with van der Waals surface area (Å²) >= 11 is 0. The summed E-state index contributed by atoms with van der Waals surface area (Å²) < 4.78 is 5.88. The number of carbonyl (C=O) groups is 1. The maximum atomic E-state index is 10.9. The summed E-state index contributed by atoms with van der Waals surface area (Å²) in [5, 5.41) is 12.3. The number of anilines is 1. The highest BCUT2D eigenvalue weighted by Crippen LogP contribution is 2.42. The van der Waals surface area contributed by atoms with E-state index in [0.717, 1.165) is 32.3 Å². The molecule has 19 heavy (non-hydrogen) atoms. The van der Waals surface area contributed by atoms with Gasteiger partial charge in [-0.05, 0) is 44.2 Å². The summed E-state index contributed by atoms with van der Waals surface area (Å²) in [6.07, 6.45) is 5.48. The Kier molecular flexibility index (Phi) is 3.14. The summed E-state index contributed by atoms with van der Waals surface area (Å²) in [6, 6.07) is 5.36. The average Bonchev–Trinajstić information content (AvgIpc) is 2.37. The lowest BCUT2D eigenvalue weighted by Crippen LogP contribution is -2.49. The smallest absolute Gasteiger partial charge is 0.354 e. The van der Waals surface area contributed by atoms with Crippen LogP contribution >= 0.6 is 0 Å². The fourth-order valence-corrected chi connectivity index (χ4v) is 2.91. The minimum atomic E-state index is -0.994. The lowest BCUT2D eigenvalue weighted by Gasteiger charge is -2.47. The molecule has 1 saturated heterocycles. The van der Waals surface area contributed by atoms with Crippen LogP contribution in [-0.2, 0) is 4.74 Å². The van der Waals surface area contributed by atoms with Crippen molar-refractivity contribution >= 4 is 11.8 Å². The summed E-state index contributed by atoms with van der Waals surface area (Å²) in [5.74, 6) is -0.354. The van der Waals surface area contributed by atoms with E-state index in [-0.39, 0.29) is 11.3 Å². The van der Waals surface area contributed by atoms with Crippen LogP contribution in [0.25, 0.3) is 0 Å². The largest absolute Gasteiger partial charge is 0.477 e. The number of aromatic carboxylic acids is 1. The van der Waals surface area contributed by atoms with Gasteiger partial charge in [-0.25, -0.2) is 9.78 Å². The Morgan fingerprint density at radius 2 is 2.32 bits per heavy atom. The van der Waals surface area contributed by atoms with Gasteiger partial charge in [0.15, 0.2) is 5.69 Å². The Morgan fingerprint density at radius 3 is 3.00 bits per heavy atom. The van der Waals surface area contributed by atoms with Crippen molar-refractivity contribution in [2.75, 3.05) is 11.9 Å². The number of carboxylic acids is 1. The summed E-state index contributed by atoms with van der Waals surface area (Å²) in [6.45, 7) is 0.774. The van der Waals surface area contributed by atoms with Gasteiger partial charge < -0.3 is 15.2 Å². The summed E-state index contributed by atoms with van der Waals surface area (Å²) in [4.78, 5) is 15.0. The molecule has 2 heterocycles. The SMILES string of the molecule is O=C(O)c1cccc(NC2CCOC3(CCC3)C2)n1. The molecule has 1 atom stereocenters. The van der Waals surface area contributed by atoms with Crippen molar-refractivity contribution in [2.24, 2.45) is 0 Å². The van der Waals surface area contributed by atoms with Gasteiger partial charge in [-0.3, -0.25) is 0 Å². The Labute approximate surface area is 112 Å². The standard InChI is InChI=1S/C14H18N2O3/c17-13(18)11-3-1-4-12(16-11)15-10-5-8-19-14(9-10)6-2-7-14/h1,3-4,10H,2,5-9H2,(H,15,16)(H,17,18). The van der Waals surface area contributed by atoms with E-state index in [2.05, 4.69) is 10.3 Å². The van der Waals surface area contributed by atoms with Gasteiger partial charge in [0.2, 0.25) is 0 Å². The van der Waals surface area contributed by atoms with Crippen LogP contribution in [0.15, 0.2) is 18.2 Å². The zero-order valence-corrected chi connectivity index (χ0v) is 10.8. The maximum absolute atomic E-state index is 10.9. The number of rotatable bonds is 3. The third-order valence-electron chi connectivity index (χ3n) is 4.08. The molecule has 5 nitrogen and oxygen atoms in total. The quantitative estimate of drug-likeness (QED) is 0.874. The monoisotopic (exact) mass is 262 g/mol. The van der Waals surface area contributed by atoms with Gasteiger partial charge in [0, 0.05) is 12.6 Å². The molecule has 1 aromatic heterocycles. The van der Waals surface area contributed by atoms with Crippen molar-refractivity contribution in [1.82, 2.24) is 4.98 Å². The van der Waals surface area contributed by atoms with Gasteiger partial charge in [0.25, 0.3) is 0 Å². The van der Waals surface area contributed by atoms with E-state index < -0.39 is 5.97 Å². The van der Waals surface area contributed by atoms with Crippen LogP contribution in [0.5, 0.6) is 0 Å². The normalized spacial score (nSPS) is 24.7. The summed E-state index contributed by atoms with van der Waals surface area (Å²) in [5.41, 5.74) is 0.163. The molecule has 0 amide bonds. The maximum Gasteiger partial charge on any atom is 0.354 e. The lowest BCUT2D eigenvalue weighted by atomic mass is 9.74. The predicted octanol–water partition coefficient (Wildman–Crippen LogP) is 2.29. The average molecular weight is 262 g/mol. The second-order valence-corrected chi connectivity index (χ2v) is 5.43. The number of pyridine rings is 1. The molecule has 2 N–H and O–H groups in total. The van der Waals surface area contributed by atoms with E-state index in [1.807, 2.05) is 6.07 Å². The molecule has 1 unspecified atom stereocenters. The highest BCUT2D eigenvalue weighted by molar-refractivity contribution is 5.85. The number of nitrogens with one attached hydrogen (secondary N) is 1. The van der Waals surface area contributed by atoms with Gasteiger partial charge in [0.1, 0.15) is 5.82 Å². The highest BCUT2D eigenvalue weighted by Gasteiger charge is 2.42. The van der Waals surface area contributed by atoms with Crippen LogP contribution in [-0.4, -0.2) is 34.3 Å². The van der Waals surface area contributed by atoms with Crippen LogP contribution < -0.4 is 5.32 Å². The van der Waals surface area contributed by atoms with Gasteiger partial charge in [-0.1, -0.05) is 6.07 Å². The van der Waals surface area contributed by atoms with E-state index in [1.165, 1.54) is 12.5 Å². The Hall–Kier alpha value is -1.62. The number of aromatic nitrogens is 1. The minimum absolute atomic E-state index is 0.0791. The number of ether oxygens (including phenoxy) is 1. The number of hydrogen-bond acceptors (Lipinski definition) is 4. The van der Waals surface area contributed by atoms with Crippen LogP contribution in [0.2, 0.25) is 0 Å². The van der Waals surface area contributed by atoms with E-state index >= 15 is 0 Å². The number of hydrogen-bond donors (Lipinski definition) is 2. The highest BCUT2D eigenvalue weighted by atomic mass is 16.5. The minimum Gasteiger partial charge on any atom is -0.477 e. The van der Waals surface area contributed by atoms with E-state index in [0.29, 0.717) is 11.9 Å². The fourth-order valence-electron chi connectivity index (χ4n) is 2.91. The molecule has 2 fully saturated rings. The van der Waals surface area contributed by atoms with Gasteiger partial charge >= 0.3 is 5.97 Å². The van der Waals surface area contributed by atoms with E-state index in [9.17, 15) is 4.79 Å². The van der Waals surface area contributed by atoms with Crippen LogP contribution in [0.3, 0.4) is 0 Å². The number of carboxylic acid groups (broad SMARTS) is 1. The van der Waals surface area contributed by atoms with Crippen molar-refractivity contribution in [3.05, 3.63) is 23.9 Å². The van der Waals surface area contributed by atoms with Crippen molar-refractivity contribution in [3.63, 3.8) is 0 Å². The molecular weight excluding hydrogens is 244 g/mol. The molecule has 0 aromatic carbocycles. The van der Waals surface area contributed by atoms with Crippen LogP contribution in [0.1, 0.15) is 42.6 Å². The molecular formula is C14H18N2O3. The first-order chi connectivity index (χ1) is 9.17. The first-order valence-corrected chi connectivity index (χ1v) is 6.78. The second-order valence-electron chi connectivity index (χ2n) is 5.43. The molecule has 1 aliphatic carbocycles. The van der Waals surface area contributed by atoms with Gasteiger partial charge in [-0.15, -0.1) is 0 Å². The molecule has 3 rings (SSSR count). The van der Waals surface area contributed by atoms with Crippen molar-refractivity contribution in [3.8, 4) is 0 Å². The Balaban J connectivity index is 1.67. The topological polar surface area (TPSA) is 71.5 Å². The lowest BCUT2D eigenvalue weighted by molar-refractivity contribution is -0.130. The van der Waals surface area contributed by atoms with Crippen molar-refractivity contribution in [1.29, 1.82) is 0 Å². The molecule has 102 valence electrons. The second kappa shape index (κ2) is 4.81. The van der Waals surface area contributed by atoms with E-state index in [4.69, 9.17) is 9.84 Å². The molecule has 1 spiro atoms. The summed E-state index contributed by atoms with van der Waals surface area (Å²) in [7, 11) is 0. The molecule has 2 aliphatic rings. The third-order valence-corrected chi connectivity index (χ3v) is 4.08. The zero-order valence-electron chi connectivity index (χ0n) is 10.8. The Bertz CT molecular complexity index is 485. The van der Waals surface area contributed by atoms with E-state index in [1.54, 1.807) is 6.07 Å². The third kappa shape index (κ3) is 2.56. The van der Waals surface area contributed by atoms with Gasteiger partial charge in [-0.2, -0.15) is 0 Å². The van der Waals surface area contributed by atoms with Gasteiger partial charge in [0.05, 0.1) is 5.60 Å². The zero-order chi connectivity index (χ0) is 13.3. The first-order valence-electron chi connectivity index (χ1n) is 6.78. The predicted molar refractivity (Wildman–Crippen MR) is 70.4 cm³/mol. The molecule has 1 saturated carbocycles. The van der Waals surface area contributed by atoms with Crippen molar-refractivity contribution < 1.29 is 14.6 Å². The molecule has 1 aromatic rings. The first kappa shape index (κ1) is 12.4. The fraction of sp³-hybridized carbons (Fsp3) is 0.571.